The van der Waals surface area contributed by atoms with Gasteiger partial charge in [0.15, 0.2) is 5.82 Å². The molecule has 1 fully saturated rings. The number of nitrogens with one attached hydrogen (secondary N) is 1. The van der Waals surface area contributed by atoms with E-state index in [1.54, 1.807) is 13.0 Å². The van der Waals surface area contributed by atoms with Crippen molar-refractivity contribution in [3.63, 3.8) is 0 Å². The van der Waals surface area contributed by atoms with Crippen molar-refractivity contribution in [2.75, 3.05) is 5.32 Å². The number of nitrogens with zero attached hydrogens (tertiary/aromatic N) is 1. The van der Waals surface area contributed by atoms with Crippen molar-refractivity contribution in [2.24, 2.45) is 5.92 Å². The summed E-state index contributed by atoms with van der Waals surface area (Å²) in [6, 6.07) is 10.9. The maximum absolute atomic E-state index is 12.3. The fourth-order valence-corrected chi connectivity index (χ4v) is 2.38. The molecule has 1 amide bonds. The van der Waals surface area contributed by atoms with Crippen LogP contribution in [0.5, 0.6) is 0 Å². The predicted molar refractivity (Wildman–Crippen MR) is 73.3 cm³/mol. The molecule has 0 saturated carbocycles. The minimum Gasteiger partial charge on any atom is -0.457 e. The third-order valence-corrected chi connectivity index (χ3v) is 3.35. The summed E-state index contributed by atoms with van der Waals surface area (Å²) in [7, 11) is 0. The van der Waals surface area contributed by atoms with E-state index in [0.29, 0.717) is 11.6 Å². The monoisotopic (exact) mass is 286 g/mol. The standard InChI is InChI=1S/C15H14N2O4/c1-9-7-12(17-21-9)16-15(19)11-8-13(18)20-14(11)10-5-3-2-4-6-10/h2-7,11,14H,8H2,1H3,(H,16,17,19). The van der Waals surface area contributed by atoms with Crippen LogP contribution < -0.4 is 5.32 Å². The quantitative estimate of drug-likeness (QED) is 0.875. The first-order valence-corrected chi connectivity index (χ1v) is 6.62. The van der Waals surface area contributed by atoms with E-state index < -0.39 is 12.0 Å². The Balaban J connectivity index is 1.79. The number of aromatic nitrogens is 1. The maximum atomic E-state index is 12.3. The van der Waals surface area contributed by atoms with Gasteiger partial charge in [0.25, 0.3) is 0 Å². The molecule has 6 heteroatoms. The highest BCUT2D eigenvalue weighted by molar-refractivity contribution is 5.95. The summed E-state index contributed by atoms with van der Waals surface area (Å²) in [5.41, 5.74) is 0.805. The van der Waals surface area contributed by atoms with Crippen molar-refractivity contribution in [3.8, 4) is 0 Å². The van der Waals surface area contributed by atoms with Crippen LogP contribution in [0.15, 0.2) is 40.9 Å². The molecule has 2 unspecified atom stereocenters. The number of rotatable bonds is 3. The van der Waals surface area contributed by atoms with E-state index in [1.807, 2.05) is 30.3 Å². The topological polar surface area (TPSA) is 81.4 Å². The van der Waals surface area contributed by atoms with Crippen LogP contribution in [0.25, 0.3) is 0 Å². The van der Waals surface area contributed by atoms with E-state index in [9.17, 15) is 9.59 Å². The van der Waals surface area contributed by atoms with Gasteiger partial charge in [0, 0.05) is 6.07 Å². The van der Waals surface area contributed by atoms with Gasteiger partial charge in [-0.1, -0.05) is 35.5 Å². The number of anilines is 1. The van der Waals surface area contributed by atoms with Gasteiger partial charge >= 0.3 is 5.97 Å². The van der Waals surface area contributed by atoms with Crippen LogP contribution in [0.2, 0.25) is 0 Å². The average molecular weight is 286 g/mol. The lowest BCUT2D eigenvalue weighted by Crippen LogP contribution is -2.25. The zero-order valence-electron chi connectivity index (χ0n) is 11.4. The van der Waals surface area contributed by atoms with Crippen molar-refractivity contribution in [1.82, 2.24) is 5.16 Å². The molecule has 108 valence electrons. The number of hydrogen-bond donors (Lipinski definition) is 1. The lowest BCUT2D eigenvalue weighted by molar-refractivity contribution is -0.141. The molecule has 2 heterocycles. The van der Waals surface area contributed by atoms with Crippen molar-refractivity contribution >= 4 is 17.7 Å². The van der Waals surface area contributed by atoms with Gasteiger partial charge in [-0.15, -0.1) is 0 Å². The Labute approximate surface area is 121 Å². The van der Waals surface area contributed by atoms with Crippen LogP contribution in [0, 0.1) is 12.8 Å². The van der Waals surface area contributed by atoms with Gasteiger partial charge in [-0.2, -0.15) is 0 Å². The summed E-state index contributed by atoms with van der Waals surface area (Å²) in [6.07, 6.45) is -0.505. The zero-order valence-corrected chi connectivity index (χ0v) is 11.4. The van der Waals surface area contributed by atoms with Crippen molar-refractivity contribution in [3.05, 3.63) is 47.7 Å². The summed E-state index contributed by atoms with van der Waals surface area (Å²) in [6.45, 7) is 1.73. The van der Waals surface area contributed by atoms with E-state index in [0.717, 1.165) is 5.56 Å². The smallest absolute Gasteiger partial charge is 0.307 e. The van der Waals surface area contributed by atoms with E-state index in [1.165, 1.54) is 0 Å². The van der Waals surface area contributed by atoms with Gasteiger partial charge < -0.3 is 14.6 Å². The van der Waals surface area contributed by atoms with Crippen molar-refractivity contribution in [2.45, 2.75) is 19.4 Å². The molecule has 6 nitrogen and oxygen atoms in total. The second-order valence-corrected chi connectivity index (χ2v) is 4.94. The molecule has 0 bridgehead atoms. The minimum absolute atomic E-state index is 0.0578. The van der Waals surface area contributed by atoms with Crippen molar-refractivity contribution in [1.29, 1.82) is 0 Å². The Morgan fingerprint density at radius 1 is 1.33 bits per heavy atom. The van der Waals surface area contributed by atoms with Gasteiger partial charge in [-0.25, -0.2) is 0 Å². The first-order valence-electron chi connectivity index (χ1n) is 6.62. The summed E-state index contributed by atoms with van der Waals surface area (Å²) in [4.78, 5) is 23.9. The molecular weight excluding hydrogens is 272 g/mol. The second-order valence-electron chi connectivity index (χ2n) is 4.94. The van der Waals surface area contributed by atoms with Crippen molar-refractivity contribution < 1.29 is 18.8 Å². The van der Waals surface area contributed by atoms with Gasteiger partial charge in [0.05, 0.1) is 12.3 Å². The molecule has 1 aromatic heterocycles. The predicted octanol–water partition coefficient (Wildman–Crippen LogP) is 2.23. The Hall–Kier alpha value is -2.63. The highest BCUT2D eigenvalue weighted by atomic mass is 16.6. The Bertz CT molecular complexity index is 665. The summed E-state index contributed by atoms with van der Waals surface area (Å²) >= 11 is 0. The molecule has 21 heavy (non-hydrogen) atoms. The number of carbonyl (C=O) groups is 2. The number of carbonyl (C=O) groups excluding carboxylic acids is 2. The average Bonchev–Trinajstić information content (AvgIpc) is 3.06. The van der Waals surface area contributed by atoms with Crippen LogP contribution >= 0.6 is 0 Å². The van der Waals surface area contributed by atoms with Gasteiger partial charge in [-0.05, 0) is 12.5 Å². The number of ether oxygens (including phenoxy) is 1. The second kappa shape index (κ2) is 5.40. The van der Waals surface area contributed by atoms with Crippen LogP contribution in [0.1, 0.15) is 23.8 Å². The molecule has 1 aliphatic rings. The largest absolute Gasteiger partial charge is 0.457 e. The Kier molecular flexibility index (Phi) is 3.43. The molecule has 0 spiro atoms. The minimum atomic E-state index is -0.572. The molecule has 1 aliphatic heterocycles. The molecule has 1 saturated heterocycles. The van der Waals surface area contributed by atoms with Gasteiger partial charge in [0.2, 0.25) is 5.91 Å². The fraction of sp³-hybridized carbons (Fsp3) is 0.267. The first-order chi connectivity index (χ1) is 10.1. The van der Waals surface area contributed by atoms with Crippen LogP contribution in [0.4, 0.5) is 5.82 Å². The highest BCUT2D eigenvalue weighted by Gasteiger charge is 2.40. The zero-order chi connectivity index (χ0) is 14.8. The Morgan fingerprint density at radius 3 is 2.76 bits per heavy atom. The molecule has 3 rings (SSSR count). The molecule has 1 aromatic carbocycles. The van der Waals surface area contributed by atoms with Gasteiger partial charge in [0.1, 0.15) is 11.9 Å². The van der Waals surface area contributed by atoms with E-state index in [-0.39, 0.29) is 18.3 Å². The summed E-state index contributed by atoms with van der Waals surface area (Å²) < 4.78 is 10.2. The molecule has 2 aromatic rings. The SMILES string of the molecule is Cc1cc(NC(=O)C2CC(=O)OC2c2ccccc2)no1. The Morgan fingerprint density at radius 2 is 2.10 bits per heavy atom. The maximum Gasteiger partial charge on any atom is 0.307 e. The van der Waals surface area contributed by atoms with E-state index in [4.69, 9.17) is 9.26 Å². The van der Waals surface area contributed by atoms with Gasteiger partial charge in [-0.3, -0.25) is 9.59 Å². The summed E-state index contributed by atoms with van der Waals surface area (Å²) in [5.74, 6) is -0.312. The number of benzene rings is 1. The summed E-state index contributed by atoms with van der Waals surface area (Å²) in [5, 5.41) is 6.36. The van der Waals surface area contributed by atoms with Crippen LogP contribution in [-0.2, 0) is 14.3 Å². The molecule has 2 atom stereocenters. The van der Waals surface area contributed by atoms with Crippen LogP contribution in [-0.4, -0.2) is 17.0 Å². The number of esters is 1. The molecular formula is C15H14N2O4. The lowest BCUT2D eigenvalue weighted by Gasteiger charge is -2.16. The number of aryl methyl sites for hydroxylation is 1. The number of amides is 1. The third kappa shape index (κ3) is 2.79. The molecule has 1 N–H and O–H groups in total. The lowest BCUT2D eigenvalue weighted by atomic mass is 9.94. The molecule has 0 aliphatic carbocycles. The third-order valence-electron chi connectivity index (χ3n) is 3.35. The fourth-order valence-electron chi connectivity index (χ4n) is 2.38. The highest BCUT2D eigenvalue weighted by Crippen LogP contribution is 2.35. The number of cyclic esters (lactones) is 1. The van der Waals surface area contributed by atoms with E-state index >= 15 is 0 Å². The normalized spacial score (nSPS) is 21.1. The number of hydrogen-bond acceptors (Lipinski definition) is 5. The van der Waals surface area contributed by atoms with Crippen LogP contribution in [0.3, 0.4) is 0 Å². The molecule has 0 radical (unpaired) electrons. The first kappa shape index (κ1) is 13.4. The van der Waals surface area contributed by atoms with E-state index in [2.05, 4.69) is 10.5 Å².